The fraction of sp³-hybridized carbons (Fsp3) is 0.231. The third-order valence-corrected chi connectivity index (χ3v) is 2.96. The van der Waals surface area contributed by atoms with Gasteiger partial charge in [0.1, 0.15) is 11.3 Å². The Balaban J connectivity index is 2.51. The number of para-hydroxylation sites is 1. The Morgan fingerprint density at radius 1 is 1.48 bits per heavy atom. The van der Waals surface area contributed by atoms with Crippen molar-refractivity contribution in [3.8, 4) is 0 Å². The molecule has 0 unspecified atom stereocenters. The average molecular weight is 290 g/mol. The summed E-state index contributed by atoms with van der Waals surface area (Å²) in [4.78, 5) is 21.6. The summed E-state index contributed by atoms with van der Waals surface area (Å²) < 4.78 is 1.59. The maximum Gasteiger partial charge on any atom is 0.342 e. The fourth-order valence-electron chi connectivity index (χ4n) is 2.06. The van der Waals surface area contributed by atoms with Gasteiger partial charge in [0.05, 0.1) is 16.3 Å². The molecule has 0 bridgehead atoms. The van der Waals surface area contributed by atoms with Crippen LogP contribution in [-0.2, 0) is 13.5 Å². The predicted octanol–water partition coefficient (Wildman–Crippen LogP) is 2.33. The maximum absolute atomic E-state index is 11.2. The van der Waals surface area contributed by atoms with Gasteiger partial charge in [-0.05, 0) is 18.6 Å². The van der Waals surface area contributed by atoms with Crippen molar-refractivity contribution in [3.05, 3.63) is 45.8 Å². The van der Waals surface area contributed by atoms with E-state index in [1.807, 2.05) is 6.92 Å². The molecule has 0 aliphatic heterocycles. The van der Waals surface area contributed by atoms with Gasteiger partial charge in [-0.15, -0.1) is 0 Å². The van der Waals surface area contributed by atoms with Crippen LogP contribution < -0.4 is 5.32 Å². The molecule has 21 heavy (non-hydrogen) atoms. The molecule has 110 valence electrons. The number of nitrogens with zero attached hydrogens (tertiary/aromatic N) is 3. The molecule has 2 aromatic rings. The van der Waals surface area contributed by atoms with E-state index in [9.17, 15) is 14.9 Å². The van der Waals surface area contributed by atoms with Gasteiger partial charge in [0.2, 0.25) is 0 Å². The smallest absolute Gasteiger partial charge is 0.342 e. The van der Waals surface area contributed by atoms with E-state index in [1.54, 1.807) is 17.9 Å². The molecule has 0 radical (unpaired) electrons. The van der Waals surface area contributed by atoms with Crippen LogP contribution in [0.25, 0.3) is 0 Å². The lowest BCUT2D eigenvalue weighted by molar-refractivity contribution is -0.384. The van der Waals surface area contributed by atoms with Crippen LogP contribution in [0.15, 0.2) is 24.4 Å². The molecule has 0 spiro atoms. The molecule has 0 atom stereocenters. The molecule has 2 N–H and O–H groups in total. The average Bonchev–Trinajstić information content (AvgIpc) is 2.78. The van der Waals surface area contributed by atoms with Gasteiger partial charge in [-0.1, -0.05) is 13.0 Å². The number of hydrogen-bond donors (Lipinski definition) is 2. The van der Waals surface area contributed by atoms with Gasteiger partial charge in [0.15, 0.2) is 0 Å². The first-order valence-electron chi connectivity index (χ1n) is 6.24. The van der Waals surface area contributed by atoms with Crippen molar-refractivity contribution in [2.45, 2.75) is 13.3 Å². The van der Waals surface area contributed by atoms with Crippen molar-refractivity contribution in [1.29, 1.82) is 0 Å². The third-order valence-electron chi connectivity index (χ3n) is 2.96. The summed E-state index contributed by atoms with van der Waals surface area (Å²) in [7, 11) is 1.74. The Morgan fingerprint density at radius 2 is 2.19 bits per heavy atom. The lowest BCUT2D eigenvalue weighted by Gasteiger charge is -2.08. The predicted molar refractivity (Wildman–Crippen MR) is 75.9 cm³/mol. The topological polar surface area (TPSA) is 110 Å². The SMILES string of the molecule is CCc1nn(C)cc1Nc1cccc(C(=O)O)c1[N+](=O)[O-]. The molecular formula is C13H14N4O4. The van der Waals surface area contributed by atoms with Crippen LogP contribution in [0.2, 0.25) is 0 Å². The van der Waals surface area contributed by atoms with Crippen molar-refractivity contribution in [2.24, 2.45) is 7.05 Å². The van der Waals surface area contributed by atoms with Crippen LogP contribution in [0.1, 0.15) is 23.0 Å². The van der Waals surface area contributed by atoms with E-state index < -0.39 is 16.6 Å². The van der Waals surface area contributed by atoms with Gasteiger partial charge in [-0.2, -0.15) is 5.10 Å². The standard InChI is InChI=1S/C13H14N4O4/c1-3-9-11(7-16(2)15-9)14-10-6-4-5-8(13(18)19)12(10)17(20)21/h4-7,14H,3H2,1-2H3,(H,18,19). The number of carbonyl (C=O) groups is 1. The Kier molecular flexibility index (Phi) is 3.88. The highest BCUT2D eigenvalue weighted by molar-refractivity contribution is 5.96. The number of hydrogen-bond acceptors (Lipinski definition) is 5. The van der Waals surface area contributed by atoms with Crippen LogP contribution >= 0.6 is 0 Å². The number of carboxylic acids is 1. The molecule has 0 amide bonds. The quantitative estimate of drug-likeness (QED) is 0.646. The van der Waals surface area contributed by atoms with E-state index >= 15 is 0 Å². The van der Waals surface area contributed by atoms with Crippen LogP contribution in [-0.4, -0.2) is 25.8 Å². The number of carboxylic acid groups (broad SMARTS) is 1. The molecule has 0 saturated heterocycles. The second-order valence-corrected chi connectivity index (χ2v) is 4.41. The second kappa shape index (κ2) is 5.61. The highest BCUT2D eigenvalue weighted by atomic mass is 16.6. The van der Waals surface area contributed by atoms with Gasteiger partial charge in [-0.25, -0.2) is 4.79 Å². The zero-order chi connectivity index (χ0) is 15.6. The molecule has 1 heterocycles. The first-order valence-corrected chi connectivity index (χ1v) is 6.24. The number of anilines is 2. The van der Waals surface area contributed by atoms with Gasteiger partial charge >= 0.3 is 11.7 Å². The Labute approximate surface area is 120 Å². The normalized spacial score (nSPS) is 10.4. The van der Waals surface area contributed by atoms with Gasteiger partial charge in [0.25, 0.3) is 0 Å². The van der Waals surface area contributed by atoms with E-state index in [-0.39, 0.29) is 11.3 Å². The highest BCUT2D eigenvalue weighted by Crippen LogP contribution is 2.32. The third kappa shape index (κ3) is 2.83. The molecule has 0 fully saturated rings. The molecule has 0 saturated carbocycles. The zero-order valence-corrected chi connectivity index (χ0v) is 11.5. The number of aromatic nitrogens is 2. The van der Waals surface area contributed by atoms with Crippen molar-refractivity contribution in [2.75, 3.05) is 5.32 Å². The maximum atomic E-state index is 11.2. The summed E-state index contributed by atoms with van der Waals surface area (Å²) >= 11 is 0. The van der Waals surface area contributed by atoms with Gasteiger partial charge in [-0.3, -0.25) is 14.8 Å². The summed E-state index contributed by atoms with van der Waals surface area (Å²) in [6, 6.07) is 4.13. The minimum atomic E-state index is -1.34. The monoisotopic (exact) mass is 290 g/mol. The lowest BCUT2D eigenvalue weighted by atomic mass is 10.1. The highest BCUT2D eigenvalue weighted by Gasteiger charge is 2.24. The van der Waals surface area contributed by atoms with Crippen molar-refractivity contribution in [3.63, 3.8) is 0 Å². The minimum Gasteiger partial charge on any atom is -0.477 e. The number of benzene rings is 1. The number of aryl methyl sites for hydroxylation is 2. The van der Waals surface area contributed by atoms with Crippen molar-refractivity contribution >= 4 is 23.0 Å². The largest absolute Gasteiger partial charge is 0.477 e. The number of nitro groups is 1. The van der Waals surface area contributed by atoms with Crippen LogP contribution in [0, 0.1) is 10.1 Å². The molecule has 0 aliphatic carbocycles. The molecule has 2 rings (SSSR count). The Hall–Kier alpha value is -2.90. The summed E-state index contributed by atoms with van der Waals surface area (Å²) in [6.07, 6.45) is 2.34. The first-order chi connectivity index (χ1) is 9.93. The van der Waals surface area contributed by atoms with Crippen LogP contribution in [0.3, 0.4) is 0 Å². The molecule has 0 aliphatic rings. The number of rotatable bonds is 5. The van der Waals surface area contributed by atoms with E-state index in [0.717, 1.165) is 5.69 Å². The fourth-order valence-corrected chi connectivity index (χ4v) is 2.06. The molecule has 1 aromatic heterocycles. The summed E-state index contributed by atoms with van der Waals surface area (Å²) in [5.41, 5.74) is 0.670. The van der Waals surface area contributed by atoms with Crippen LogP contribution in [0.5, 0.6) is 0 Å². The lowest BCUT2D eigenvalue weighted by Crippen LogP contribution is -2.06. The van der Waals surface area contributed by atoms with E-state index in [0.29, 0.717) is 12.1 Å². The Morgan fingerprint density at radius 3 is 2.76 bits per heavy atom. The Bertz CT molecular complexity index is 708. The summed E-state index contributed by atoms with van der Waals surface area (Å²) in [5.74, 6) is -1.34. The molecule has 8 nitrogen and oxygen atoms in total. The van der Waals surface area contributed by atoms with E-state index in [1.165, 1.54) is 18.2 Å². The van der Waals surface area contributed by atoms with Gasteiger partial charge in [0, 0.05) is 13.2 Å². The molecule has 8 heteroatoms. The number of nitro benzene ring substituents is 1. The summed E-state index contributed by atoms with van der Waals surface area (Å²) in [5, 5.41) is 27.4. The van der Waals surface area contributed by atoms with E-state index in [2.05, 4.69) is 10.4 Å². The van der Waals surface area contributed by atoms with Crippen LogP contribution in [0.4, 0.5) is 17.1 Å². The molecular weight excluding hydrogens is 276 g/mol. The zero-order valence-electron chi connectivity index (χ0n) is 11.5. The van der Waals surface area contributed by atoms with Gasteiger partial charge < -0.3 is 10.4 Å². The first kappa shape index (κ1) is 14.5. The molecule has 1 aromatic carbocycles. The number of nitrogens with one attached hydrogen (secondary N) is 1. The second-order valence-electron chi connectivity index (χ2n) is 4.41. The van der Waals surface area contributed by atoms with E-state index in [4.69, 9.17) is 5.11 Å². The van der Waals surface area contributed by atoms with Crippen molar-refractivity contribution < 1.29 is 14.8 Å². The van der Waals surface area contributed by atoms with Crippen molar-refractivity contribution in [1.82, 2.24) is 9.78 Å². The number of aromatic carboxylic acids is 1. The summed E-state index contributed by atoms with van der Waals surface area (Å²) in [6.45, 7) is 1.91. The minimum absolute atomic E-state index is 0.127.